The fraction of sp³-hybridized carbons (Fsp3) is 0.652. The summed E-state index contributed by atoms with van der Waals surface area (Å²) in [5, 5.41) is 3.33. The van der Waals surface area contributed by atoms with Crippen molar-refractivity contribution < 1.29 is 14.3 Å². The molecule has 3 fully saturated rings. The van der Waals surface area contributed by atoms with Crippen LogP contribution in [0.3, 0.4) is 0 Å². The van der Waals surface area contributed by atoms with Crippen molar-refractivity contribution >= 4 is 23.4 Å². The highest BCUT2D eigenvalue weighted by Gasteiger charge is 2.61. The minimum Gasteiger partial charge on any atom is -0.489 e. The Morgan fingerprint density at radius 3 is 2.57 bits per heavy atom. The number of nitrogens with zero attached hydrogens (tertiary/aromatic N) is 2. The van der Waals surface area contributed by atoms with Crippen molar-refractivity contribution in [2.75, 3.05) is 40.3 Å². The number of benzene rings is 1. The quantitative estimate of drug-likeness (QED) is 0.717. The maximum absolute atomic E-state index is 12.7. The Labute approximate surface area is 183 Å². The maximum atomic E-state index is 12.7. The van der Waals surface area contributed by atoms with E-state index >= 15 is 0 Å². The van der Waals surface area contributed by atoms with Gasteiger partial charge in [0.25, 0.3) is 5.91 Å². The van der Waals surface area contributed by atoms with Gasteiger partial charge in [0.1, 0.15) is 11.9 Å². The minimum absolute atomic E-state index is 0.0446. The van der Waals surface area contributed by atoms with Gasteiger partial charge in [-0.25, -0.2) is 0 Å². The van der Waals surface area contributed by atoms with Gasteiger partial charge in [-0.2, -0.15) is 0 Å². The number of nitrogens with one attached hydrogen (secondary N) is 1. The molecule has 6 nitrogen and oxygen atoms in total. The molecule has 1 spiro atoms. The van der Waals surface area contributed by atoms with E-state index in [0.717, 1.165) is 38.9 Å². The lowest BCUT2D eigenvalue weighted by atomic mass is 9.79. The van der Waals surface area contributed by atoms with Crippen LogP contribution in [0.4, 0.5) is 0 Å². The number of carbonyl (C=O) groups excluding carboxylic acids is 2. The summed E-state index contributed by atoms with van der Waals surface area (Å²) in [5.41, 5.74) is 0.916. The number of ether oxygens (including phenoxy) is 1. The SMILES string of the molecule is CN(C)CCNC(=O)c1ccc(OC2CCN(C(=O)C3CC34CCC4)CC2)c(Cl)c1. The third-order valence-corrected chi connectivity index (χ3v) is 7.22. The smallest absolute Gasteiger partial charge is 0.251 e. The lowest BCUT2D eigenvalue weighted by Crippen LogP contribution is -2.43. The summed E-state index contributed by atoms with van der Waals surface area (Å²) in [6.07, 6.45) is 6.55. The van der Waals surface area contributed by atoms with Crippen LogP contribution in [0.15, 0.2) is 18.2 Å². The molecule has 0 aromatic heterocycles. The van der Waals surface area contributed by atoms with E-state index in [0.29, 0.717) is 34.2 Å². The van der Waals surface area contributed by atoms with Crippen LogP contribution in [0.2, 0.25) is 5.02 Å². The zero-order valence-corrected chi connectivity index (χ0v) is 18.7. The first kappa shape index (κ1) is 21.4. The predicted octanol–water partition coefficient (Wildman–Crippen LogP) is 3.19. The molecular formula is C23H32ClN3O3. The van der Waals surface area contributed by atoms with Gasteiger partial charge in [-0.3, -0.25) is 9.59 Å². The lowest BCUT2D eigenvalue weighted by Gasteiger charge is -2.34. The van der Waals surface area contributed by atoms with Crippen molar-refractivity contribution in [2.45, 2.75) is 44.6 Å². The highest BCUT2D eigenvalue weighted by molar-refractivity contribution is 6.32. The molecule has 1 aromatic rings. The highest BCUT2D eigenvalue weighted by atomic mass is 35.5. The Morgan fingerprint density at radius 2 is 2.00 bits per heavy atom. The number of likely N-dealkylation sites (N-methyl/N-ethyl adjacent to an activating group) is 1. The largest absolute Gasteiger partial charge is 0.489 e. The Kier molecular flexibility index (Phi) is 6.26. The van der Waals surface area contributed by atoms with E-state index in [2.05, 4.69) is 5.32 Å². The second-order valence-corrected chi connectivity index (χ2v) is 9.73. The summed E-state index contributed by atoms with van der Waals surface area (Å²) in [5.74, 6) is 1.11. The standard InChI is InChI=1S/C23H32ClN3O3/c1-26(2)13-10-25-21(28)16-4-5-20(19(24)14-16)30-17-6-11-27(12-7-17)22(29)18-15-23(18)8-3-9-23/h4-5,14,17-18H,3,6-13,15H2,1-2H3,(H,25,28). The van der Waals surface area contributed by atoms with E-state index in [9.17, 15) is 9.59 Å². The van der Waals surface area contributed by atoms with Crippen LogP contribution < -0.4 is 10.1 Å². The Morgan fingerprint density at radius 1 is 1.27 bits per heavy atom. The van der Waals surface area contributed by atoms with E-state index in [-0.39, 0.29) is 17.9 Å². The number of hydrogen-bond acceptors (Lipinski definition) is 4. The van der Waals surface area contributed by atoms with E-state index < -0.39 is 0 Å². The normalized spacial score (nSPS) is 22.7. The van der Waals surface area contributed by atoms with E-state index in [4.69, 9.17) is 16.3 Å². The first-order valence-electron chi connectivity index (χ1n) is 11.1. The summed E-state index contributed by atoms with van der Waals surface area (Å²) < 4.78 is 6.10. The van der Waals surface area contributed by atoms with Gasteiger partial charge in [0.2, 0.25) is 5.91 Å². The van der Waals surface area contributed by atoms with Crippen LogP contribution in [0, 0.1) is 11.3 Å². The molecule has 2 saturated carbocycles. The average molecular weight is 434 g/mol. The molecule has 3 aliphatic rings. The van der Waals surface area contributed by atoms with Crippen molar-refractivity contribution in [1.29, 1.82) is 0 Å². The van der Waals surface area contributed by atoms with Crippen molar-refractivity contribution in [3.63, 3.8) is 0 Å². The molecule has 4 rings (SSSR count). The topological polar surface area (TPSA) is 61.9 Å². The number of amides is 2. The fourth-order valence-electron chi connectivity index (χ4n) is 4.71. The van der Waals surface area contributed by atoms with Gasteiger partial charge in [0.05, 0.1) is 5.02 Å². The molecule has 1 saturated heterocycles. The van der Waals surface area contributed by atoms with Crippen LogP contribution >= 0.6 is 11.6 Å². The summed E-state index contributed by atoms with van der Waals surface area (Å²) in [7, 11) is 3.93. The molecule has 2 amide bonds. The Bertz CT molecular complexity index is 801. The third-order valence-electron chi connectivity index (χ3n) is 6.92. The van der Waals surface area contributed by atoms with Crippen molar-refractivity contribution in [3.05, 3.63) is 28.8 Å². The number of rotatable bonds is 7. The van der Waals surface area contributed by atoms with Gasteiger partial charge in [-0.15, -0.1) is 0 Å². The van der Waals surface area contributed by atoms with E-state index in [1.54, 1.807) is 18.2 Å². The van der Waals surface area contributed by atoms with Gasteiger partial charge >= 0.3 is 0 Å². The first-order chi connectivity index (χ1) is 14.4. The fourth-order valence-corrected chi connectivity index (χ4v) is 4.93. The Hall–Kier alpha value is -1.79. The van der Waals surface area contributed by atoms with Gasteiger partial charge in [0.15, 0.2) is 0 Å². The lowest BCUT2D eigenvalue weighted by molar-refractivity contribution is -0.135. The van der Waals surface area contributed by atoms with E-state index in [1.807, 2.05) is 23.9 Å². The maximum Gasteiger partial charge on any atom is 0.251 e. The molecule has 1 N–H and O–H groups in total. The number of carbonyl (C=O) groups is 2. The van der Waals surface area contributed by atoms with Crippen LogP contribution in [0.25, 0.3) is 0 Å². The molecule has 1 heterocycles. The first-order valence-corrected chi connectivity index (χ1v) is 11.4. The Balaban J connectivity index is 1.25. The molecule has 1 aliphatic heterocycles. The van der Waals surface area contributed by atoms with E-state index in [1.165, 1.54) is 19.3 Å². The van der Waals surface area contributed by atoms with Crippen molar-refractivity contribution in [2.24, 2.45) is 11.3 Å². The second kappa shape index (κ2) is 8.75. The monoisotopic (exact) mass is 433 g/mol. The molecule has 164 valence electrons. The second-order valence-electron chi connectivity index (χ2n) is 9.32. The molecule has 0 bridgehead atoms. The molecule has 1 atom stereocenters. The van der Waals surface area contributed by atoms with Crippen LogP contribution in [0.5, 0.6) is 5.75 Å². The van der Waals surface area contributed by atoms with Gasteiger partial charge in [-0.05, 0) is 57.0 Å². The van der Waals surface area contributed by atoms with Crippen molar-refractivity contribution in [1.82, 2.24) is 15.1 Å². The summed E-state index contributed by atoms with van der Waals surface area (Å²) >= 11 is 6.38. The molecule has 7 heteroatoms. The zero-order chi connectivity index (χ0) is 21.3. The molecule has 2 aliphatic carbocycles. The van der Waals surface area contributed by atoms with Crippen LogP contribution in [-0.2, 0) is 4.79 Å². The summed E-state index contributed by atoms with van der Waals surface area (Å²) in [6.45, 7) is 2.87. The van der Waals surface area contributed by atoms with Gasteiger partial charge in [-0.1, -0.05) is 18.0 Å². The van der Waals surface area contributed by atoms with Crippen LogP contribution in [0.1, 0.15) is 48.9 Å². The molecule has 1 unspecified atom stereocenters. The predicted molar refractivity (Wildman–Crippen MR) is 117 cm³/mol. The molecule has 0 radical (unpaired) electrons. The number of piperidine rings is 1. The molecule has 1 aromatic carbocycles. The summed E-state index contributed by atoms with van der Waals surface area (Å²) in [6, 6.07) is 5.17. The molecular weight excluding hydrogens is 402 g/mol. The van der Waals surface area contributed by atoms with Crippen molar-refractivity contribution in [3.8, 4) is 5.75 Å². The zero-order valence-electron chi connectivity index (χ0n) is 18.0. The highest BCUT2D eigenvalue weighted by Crippen LogP contribution is 2.66. The van der Waals surface area contributed by atoms with Gasteiger partial charge in [0, 0.05) is 50.5 Å². The average Bonchev–Trinajstić information content (AvgIpc) is 3.46. The summed E-state index contributed by atoms with van der Waals surface area (Å²) in [4.78, 5) is 29.0. The third kappa shape index (κ3) is 4.59. The number of halogens is 1. The van der Waals surface area contributed by atoms with Gasteiger partial charge < -0.3 is 19.9 Å². The number of hydrogen-bond donors (Lipinski definition) is 1. The minimum atomic E-state index is -0.138. The molecule has 30 heavy (non-hydrogen) atoms. The number of likely N-dealkylation sites (tertiary alicyclic amines) is 1. The van der Waals surface area contributed by atoms with Crippen LogP contribution in [-0.4, -0.2) is 68.0 Å².